The molecule has 0 fully saturated rings. The van der Waals surface area contributed by atoms with Gasteiger partial charge in [-0.1, -0.05) is 13.3 Å². The van der Waals surface area contributed by atoms with Gasteiger partial charge < -0.3 is 15.8 Å². The van der Waals surface area contributed by atoms with E-state index in [4.69, 9.17) is 10.5 Å². The van der Waals surface area contributed by atoms with E-state index in [-0.39, 0.29) is 5.91 Å². The van der Waals surface area contributed by atoms with Crippen molar-refractivity contribution in [2.45, 2.75) is 39.7 Å². The average molecular weight is 250 g/mol. The van der Waals surface area contributed by atoms with Gasteiger partial charge in [0.05, 0.1) is 12.6 Å². The minimum atomic E-state index is -0.444. The first-order valence-electron chi connectivity index (χ1n) is 6.38. The first kappa shape index (κ1) is 14.5. The summed E-state index contributed by atoms with van der Waals surface area (Å²) in [7, 11) is 0. The van der Waals surface area contributed by atoms with Gasteiger partial charge in [0, 0.05) is 5.69 Å². The number of nitrogens with two attached hydrogens (primary N) is 1. The van der Waals surface area contributed by atoms with Crippen molar-refractivity contribution in [2.24, 2.45) is 5.73 Å². The van der Waals surface area contributed by atoms with Crippen LogP contribution in [0.3, 0.4) is 0 Å². The maximum atomic E-state index is 11.8. The Morgan fingerprint density at radius 2 is 2.17 bits per heavy atom. The molecule has 0 heterocycles. The molecule has 0 saturated carbocycles. The van der Waals surface area contributed by atoms with Crippen molar-refractivity contribution < 1.29 is 9.53 Å². The predicted molar refractivity (Wildman–Crippen MR) is 73.9 cm³/mol. The van der Waals surface area contributed by atoms with E-state index in [1.165, 1.54) is 0 Å². The van der Waals surface area contributed by atoms with Crippen LogP contribution in [0.1, 0.15) is 32.3 Å². The Bertz CT molecular complexity index is 405. The van der Waals surface area contributed by atoms with Crippen LogP contribution in [0, 0.1) is 6.92 Å². The minimum Gasteiger partial charge on any atom is -0.494 e. The molecule has 0 saturated heterocycles. The van der Waals surface area contributed by atoms with Crippen LogP contribution < -0.4 is 15.8 Å². The van der Waals surface area contributed by atoms with Crippen molar-refractivity contribution in [1.29, 1.82) is 0 Å². The summed E-state index contributed by atoms with van der Waals surface area (Å²) in [5.74, 6) is 0.676. The Morgan fingerprint density at radius 3 is 2.72 bits per heavy atom. The monoisotopic (exact) mass is 250 g/mol. The van der Waals surface area contributed by atoms with E-state index < -0.39 is 6.04 Å². The van der Waals surface area contributed by atoms with Crippen LogP contribution >= 0.6 is 0 Å². The topological polar surface area (TPSA) is 64.4 Å². The molecule has 1 amide bonds. The number of ether oxygens (including phenoxy) is 1. The van der Waals surface area contributed by atoms with Gasteiger partial charge >= 0.3 is 0 Å². The van der Waals surface area contributed by atoms with Gasteiger partial charge in [0.25, 0.3) is 0 Å². The molecule has 0 aliphatic carbocycles. The van der Waals surface area contributed by atoms with Crippen LogP contribution in [0.2, 0.25) is 0 Å². The first-order chi connectivity index (χ1) is 8.58. The van der Waals surface area contributed by atoms with Gasteiger partial charge in [-0.3, -0.25) is 4.79 Å². The molecule has 100 valence electrons. The standard InChI is InChI=1S/C14H22N2O2/c1-4-6-12(15)14(17)16-13-8-7-11(18-5-2)9-10(13)3/h7-9,12H,4-6,15H2,1-3H3,(H,16,17)/t12-/m1/s1. The number of carbonyl (C=O) groups excluding carboxylic acids is 1. The lowest BCUT2D eigenvalue weighted by Gasteiger charge is -2.14. The zero-order chi connectivity index (χ0) is 13.5. The highest BCUT2D eigenvalue weighted by atomic mass is 16.5. The molecule has 4 heteroatoms. The molecule has 0 unspecified atom stereocenters. The van der Waals surface area contributed by atoms with Gasteiger partial charge in [-0.05, 0) is 44.0 Å². The van der Waals surface area contributed by atoms with Crippen molar-refractivity contribution in [3.05, 3.63) is 23.8 Å². The summed E-state index contributed by atoms with van der Waals surface area (Å²) in [6.45, 7) is 6.51. The molecule has 0 aromatic heterocycles. The van der Waals surface area contributed by atoms with Gasteiger partial charge in [0.2, 0.25) is 5.91 Å². The Morgan fingerprint density at radius 1 is 1.44 bits per heavy atom. The minimum absolute atomic E-state index is 0.135. The van der Waals surface area contributed by atoms with Gasteiger partial charge in [0.15, 0.2) is 0 Å². The molecule has 4 nitrogen and oxygen atoms in total. The van der Waals surface area contributed by atoms with E-state index in [1.54, 1.807) is 0 Å². The van der Waals surface area contributed by atoms with Crippen LogP contribution in [0.25, 0.3) is 0 Å². The predicted octanol–water partition coefficient (Wildman–Crippen LogP) is 2.46. The second-order valence-corrected chi connectivity index (χ2v) is 4.29. The lowest BCUT2D eigenvalue weighted by molar-refractivity contribution is -0.117. The van der Waals surface area contributed by atoms with Crippen molar-refractivity contribution in [3.8, 4) is 5.75 Å². The molecule has 3 N–H and O–H groups in total. The molecule has 0 spiro atoms. The Hall–Kier alpha value is -1.55. The number of rotatable bonds is 6. The fourth-order valence-electron chi connectivity index (χ4n) is 1.70. The third-order valence-corrected chi connectivity index (χ3v) is 2.70. The summed E-state index contributed by atoms with van der Waals surface area (Å²) in [6.07, 6.45) is 1.60. The Balaban J connectivity index is 2.70. The molecule has 0 radical (unpaired) electrons. The summed E-state index contributed by atoms with van der Waals surface area (Å²) >= 11 is 0. The van der Waals surface area contributed by atoms with Crippen LogP contribution in [0.5, 0.6) is 5.75 Å². The summed E-state index contributed by atoms with van der Waals surface area (Å²) in [4.78, 5) is 11.8. The van der Waals surface area contributed by atoms with E-state index in [2.05, 4.69) is 5.32 Å². The molecular formula is C14H22N2O2. The zero-order valence-corrected chi connectivity index (χ0v) is 11.3. The normalized spacial score (nSPS) is 12.0. The van der Waals surface area contributed by atoms with E-state index in [1.807, 2.05) is 39.0 Å². The number of amides is 1. The fraction of sp³-hybridized carbons (Fsp3) is 0.500. The fourth-order valence-corrected chi connectivity index (χ4v) is 1.70. The molecule has 18 heavy (non-hydrogen) atoms. The zero-order valence-electron chi connectivity index (χ0n) is 11.3. The maximum absolute atomic E-state index is 11.8. The Kier molecular flexibility index (Phi) is 5.65. The summed E-state index contributed by atoms with van der Waals surface area (Å²) in [6, 6.07) is 5.15. The lowest BCUT2D eigenvalue weighted by Crippen LogP contribution is -2.35. The van der Waals surface area contributed by atoms with E-state index in [9.17, 15) is 4.79 Å². The molecular weight excluding hydrogens is 228 g/mol. The number of aryl methyl sites for hydroxylation is 1. The number of nitrogens with one attached hydrogen (secondary N) is 1. The van der Waals surface area contributed by atoms with Crippen molar-refractivity contribution >= 4 is 11.6 Å². The third-order valence-electron chi connectivity index (χ3n) is 2.70. The van der Waals surface area contributed by atoms with Crippen LogP contribution in [0.4, 0.5) is 5.69 Å². The first-order valence-corrected chi connectivity index (χ1v) is 6.38. The second kappa shape index (κ2) is 7.01. The second-order valence-electron chi connectivity index (χ2n) is 4.29. The maximum Gasteiger partial charge on any atom is 0.241 e. The molecule has 0 aliphatic heterocycles. The molecule has 1 rings (SSSR count). The third kappa shape index (κ3) is 4.04. The lowest BCUT2D eigenvalue weighted by atomic mass is 10.1. The van der Waals surface area contributed by atoms with E-state index in [0.29, 0.717) is 13.0 Å². The SMILES string of the molecule is CCC[C@@H](N)C(=O)Nc1ccc(OCC)cc1C. The van der Waals surface area contributed by atoms with E-state index >= 15 is 0 Å². The van der Waals surface area contributed by atoms with Crippen molar-refractivity contribution in [1.82, 2.24) is 0 Å². The van der Waals surface area contributed by atoms with Gasteiger partial charge in [0.1, 0.15) is 5.75 Å². The number of hydrogen-bond donors (Lipinski definition) is 2. The number of anilines is 1. The van der Waals surface area contributed by atoms with Gasteiger partial charge in [-0.15, -0.1) is 0 Å². The highest BCUT2D eigenvalue weighted by Crippen LogP contribution is 2.21. The quantitative estimate of drug-likeness (QED) is 0.815. The molecule has 0 bridgehead atoms. The van der Waals surface area contributed by atoms with E-state index in [0.717, 1.165) is 23.4 Å². The summed E-state index contributed by atoms with van der Waals surface area (Å²) in [5.41, 5.74) is 7.52. The van der Waals surface area contributed by atoms with Crippen molar-refractivity contribution in [3.63, 3.8) is 0 Å². The smallest absolute Gasteiger partial charge is 0.241 e. The van der Waals surface area contributed by atoms with Crippen LogP contribution in [-0.2, 0) is 4.79 Å². The summed E-state index contributed by atoms with van der Waals surface area (Å²) < 4.78 is 5.40. The molecule has 1 atom stereocenters. The Labute approximate surface area is 109 Å². The number of carbonyl (C=O) groups is 1. The van der Waals surface area contributed by atoms with Crippen LogP contribution in [0.15, 0.2) is 18.2 Å². The van der Waals surface area contributed by atoms with Crippen LogP contribution in [-0.4, -0.2) is 18.6 Å². The molecule has 0 aliphatic rings. The number of hydrogen-bond acceptors (Lipinski definition) is 3. The van der Waals surface area contributed by atoms with Crippen molar-refractivity contribution in [2.75, 3.05) is 11.9 Å². The summed E-state index contributed by atoms with van der Waals surface area (Å²) in [5, 5.41) is 2.84. The highest BCUT2D eigenvalue weighted by Gasteiger charge is 2.13. The average Bonchev–Trinajstić information content (AvgIpc) is 2.33. The molecule has 1 aromatic rings. The molecule has 1 aromatic carbocycles. The highest BCUT2D eigenvalue weighted by molar-refractivity contribution is 5.95. The largest absolute Gasteiger partial charge is 0.494 e. The van der Waals surface area contributed by atoms with Gasteiger partial charge in [-0.2, -0.15) is 0 Å². The number of benzene rings is 1. The van der Waals surface area contributed by atoms with Gasteiger partial charge in [-0.25, -0.2) is 0 Å².